The Bertz CT molecular complexity index is 372. The van der Waals surface area contributed by atoms with Gasteiger partial charge in [0, 0.05) is 24.4 Å². The number of fused-ring (bicyclic) bond motifs is 1. The number of ether oxygens (including phenoxy) is 2. The van der Waals surface area contributed by atoms with Crippen molar-refractivity contribution < 1.29 is 9.47 Å². The highest BCUT2D eigenvalue weighted by Gasteiger charge is 2.16. The van der Waals surface area contributed by atoms with Gasteiger partial charge in [-0.3, -0.25) is 0 Å². The van der Waals surface area contributed by atoms with Gasteiger partial charge in [-0.2, -0.15) is 0 Å². The molecular formula is C13H17NO2. The summed E-state index contributed by atoms with van der Waals surface area (Å²) >= 11 is 0. The molecule has 1 fully saturated rings. The summed E-state index contributed by atoms with van der Waals surface area (Å²) in [6.45, 7) is 3.86. The molecule has 0 bridgehead atoms. The highest BCUT2D eigenvalue weighted by molar-refractivity contribution is 5.42. The largest absolute Gasteiger partial charge is 0.493 e. The van der Waals surface area contributed by atoms with Gasteiger partial charge >= 0.3 is 0 Å². The van der Waals surface area contributed by atoms with Crippen LogP contribution in [0, 0.1) is 5.92 Å². The summed E-state index contributed by atoms with van der Waals surface area (Å²) in [7, 11) is 0. The Morgan fingerprint density at radius 3 is 3.31 bits per heavy atom. The second kappa shape index (κ2) is 4.34. The van der Waals surface area contributed by atoms with Crippen LogP contribution < -0.4 is 14.8 Å². The molecule has 2 heterocycles. The van der Waals surface area contributed by atoms with Crippen LogP contribution in [-0.4, -0.2) is 26.3 Å². The van der Waals surface area contributed by atoms with Crippen molar-refractivity contribution in [2.45, 2.75) is 12.8 Å². The lowest BCUT2D eigenvalue weighted by Gasteiger charge is -2.11. The molecule has 1 aromatic carbocycles. The lowest BCUT2D eigenvalue weighted by atomic mass is 10.1. The van der Waals surface area contributed by atoms with E-state index in [1.807, 2.05) is 12.1 Å². The molecule has 2 aliphatic heterocycles. The van der Waals surface area contributed by atoms with Gasteiger partial charge in [0.2, 0.25) is 0 Å². The van der Waals surface area contributed by atoms with E-state index in [1.165, 1.54) is 12.0 Å². The quantitative estimate of drug-likeness (QED) is 0.837. The van der Waals surface area contributed by atoms with Gasteiger partial charge in [-0.1, -0.05) is 0 Å². The maximum absolute atomic E-state index is 5.82. The summed E-state index contributed by atoms with van der Waals surface area (Å²) in [5, 5.41) is 3.35. The lowest BCUT2D eigenvalue weighted by Crippen LogP contribution is -2.15. The molecule has 16 heavy (non-hydrogen) atoms. The van der Waals surface area contributed by atoms with Crippen molar-refractivity contribution in [1.82, 2.24) is 5.32 Å². The first-order valence-corrected chi connectivity index (χ1v) is 6.01. The maximum Gasteiger partial charge on any atom is 0.122 e. The molecule has 3 heteroatoms. The van der Waals surface area contributed by atoms with E-state index in [0.29, 0.717) is 5.92 Å². The van der Waals surface area contributed by atoms with Crippen molar-refractivity contribution in [2.75, 3.05) is 26.3 Å². The normalized spacial score (nSPS) is 22.9. The van der Waals surface area contributed by atoms with Crippen LogP contribution in [0.5, 0.6) is 11.5 Å². The Morgan fingerprint density at radius 2 is 2.44 bits per heavy atom. The zero-order chi connectivity index (χ0) is 10.8. The van der Waals surface area contributed by atoms with E-state index in [0.717, 1.165) is 44.2 Å². The van der Waals surface area contributed by atoms with Gasteiger partial charge in [-0.25, -0.2) is 0 Å². The van der Waals surface area contributed by atoms with Crippen LogP contribution in [0.1, 0.15) is 12.0 Å². The van der Waals surface area contributed by atoms with Gasteiger partial charge in [0.1, 0.15) is 11.5 Å². The summed E-state index contributed by atoms with van der Waals surface area (Å²) in [6.07, 6.45) is 2.24. The van der Waals surface area contributed by atoms with Crippen molar-refractivity contribution >= 4 is 0 Å². The van der Waals surface area contributed by atoms with Crippen LogP contribution in [0.4, 0.5) is 0 Å². The molecule has 1 N–H and O–H groups in total. The molecule has 0 aliphatic carbocycles. The fourth-order valence-corrected chi connectivity index (χ4v) is 2.32. The molecule has 2 aliphatic rings. The number of rotatable bonds is 3. The van der Waals surface area contributed by atoms with Crippen LogP contribution in [0.15, 0.2) is 18.2 Å². The second-order valence-corrected chi connectivity index (χ2v) is 4.54. The fourth-order valence-electron chi connectivity index (χ4n) is 2.32. The average Bonchev–Trinajstić information content (AvgIpc) is 2.97. The van der Waals surface area contributed by atoms with E-state index in [1.54, 1.807) is 0 Å². The SMILES string of the molecule is c1cc2c(cc1OCC1CCNC1)CCO2. The van der Waals surface area contributed by atoms with Crippen molar-refractivity contribution in [3.63, 3.8) is 0 Å². The van der Waals surface area contributed by atoms with Crippen LogP contribution in [0.3, 0.4) is 0 Å². The Kier molecular flexibility index (Phi) is 2.70. The first-order valence-electron chi connectivity index (χ1n) is 6.01. The molecule has 0 spiro atoms. The molecule has 0 aromatic heterocycles. The highest BCUT2D eigenvalue weighted by Crippen LogP contribution is 2.29. The second-order valence-electron chi connectivity index (χ2n) is 4.54. The zero-order valence-electron chi connectivity index (χ0n) is 9.37. The molecule has 1 aromatic rings. The molecule has 86 valence electrons. The Labute approximate surface area is 95.8 Å². The number of hydrogen-bond donors (Lipinski definition) is 1. The summed E-state index contributed by atoms with van der Waals surface area (Å²) < 4.78 is 11.3. The predicted octanol–water partition coefficient (Wildman–Crippen LogP) is 1.61. The topological polar surface area (TPSA) is 30.5 Å². The smallest absolute Gasteiger partial charge is 0.122 e. The van der Waals surface area contributed by atoms with Crippen molar-refractivity contribution in [1.29, 1.82) is 0 Å². The van der Waals surface area contributed by atoms with Crippen molar-refractivity contribution in [3.05, 3.63) is 23.8 Å². The minimum atomic E-state index is 0.671. The van der Waals surface area contributed by atoms with E-state index in [4.69, 9.17) is 9.47 Å². The first-order chi connectivity index (χ1) is 7.92. The minimum absolute atomic E-state index is 0.671. The van der Waals surface area contributed by atoms with Crippen LogP contribution in [0.25, 0.3) is 0 Å². The summed E-state index contributed by atoms with van der Waals surface area (Å²) in [5.41, 5.74) is 1.28. The number of benzene rings is 1. The average molecular weight is 219 g/mol. The van der Waals surface area contributed by atoms with Gasteiger partial charge in [0.05, 0.1) is 13.2 Å². The van der Waals surface area contributed by atoms with Crippen LogP contribution in [0.2, 0.25) is 0 Å². The van der Waals surface area contributed by atoms with E-state index < -0.39 is 0 Å². The molecule has 3 rings (SSSR count). The molecular weight excluding hydrogens is 202 g/mol. The van der Waals surface area contributed by atoms with Crippen molar-refractivity contribution in [2.24, 2.45) is 5.92 Å². The van der Waals surface area contributed by atoms with Crippen LogP contribution in [-0.2, 0) is 6.42 Å². The van der Waals surface area contributed by atoms with Gasteiger partial charge < -0.3 is 14.8 Å². The van der Waals surface area contributed by atoms with E-state index in [9.17, 15) is 0 Å². The van der Waals surface area contributed by atoms with Gasteiger partial charge in [-0.05, 0) is 31.2 Å². The van der Waals surface area contributed by atoms with Gasteiger partial charge in [-0.15, -0.1) is 0 Å². The lowest BCUT2D eigenvalue weighted by molar-refractivity contribution is 0.260. The zero-order valence-corrected chi connectivity index (χ0v) is 9.37. The number of nitrogens with one attached hydrogen (secondary N) is 1. The minimum Gasteiger partial charge on any atom is -0.493 e. The van der Waals surface area contributed by atoms with Crippen LogP contribution >= 0.6 is 0 Å². The third kappa shape index (κ3) is 2.00. The highest BCUT2D eigenvalue weighted by atomic mass is 16.5. The fraction of sp³-hybridized carbons (Fsp3) is 0.538. The van der Waals surface area contributed by atoms with Crippen molar-refractivity contribution in [3.8, 4) is 11.5 Å². The molecule has 3 nitrogen and oxygen atoms in total. The van der Waals surface area contributed by atoms with Gasteiger partial charge in [0.25, 0.3) is 0 Å². The molecule has 0 radical (unpaired) electrons. The standard InChI is InChI=1S/C13H17NO2/c1-2-13-11(4-6-15-13)7-12(1)16-9-10-3-5-14-8-10/h1-2,7,10,14H,3-6,8-9H2. The Hall–Kier alpha value is -1.22. The maximum atomic E-state index is 5.82. The molecule has 1 saturated heterocycles. The molecule has 0 saturated carbocycles. The predicted molar refractivity (Wildman–Crippen MR) is 62.1 cm³/mol. The summed E-state index contributed by atoms with van der Waals surface area (Å²) in [6, 6.07) is 6.14. The van der Waals surface area contributed by atoms with Gasteiger partial charge in [0.15, 0.2) is 0 Å². The Balaban J connectivity index is 1.61. The van der Waals surface area contributed by atoms with E-state index in [2.05, 4.69) is 11.4 Å². The van der Waals surface area contributed by atoms with E-state index >= 15 is 0 Å². The third-order valence-electron chi connectivity index (χ3n) is 3.31. The molecule has 0 amide bonds. The number of hydrogen-bond acceptors (Lipinski definition) is 3. The monoisotopic (exact) mass is 219 g/mol. The third-order valence-corrected chi connectivity index (χ3v) is 3.31. The molecule has 1 atom stereocenters. The summed E-state index contributed by atoms with van der Waals surface area (Å²) in [5.74, 6) is 2.68. The summed E-state index contributed by atoms with van der Waals surface area (Å²) in [4.78, 5) is 0. The van der Waals surface area contributed by atoms with E-state index in [-0.39, 0.29) is 0 Å². The Morgan fingerprint density at radius 1 is 1.44 bits per heavy atom. The first kappa shape index (κ1) is 9.97. The molecule has 1 unspecified atom stereocenters.